The van der Waals surface area contributed by atoms with Crippen molar-refractivity contribution in [3.05, 3.63) is 70.3 Å². The van der Waals surface area contributed by atoms with Crippen molar-refractivity contribution in [3.8, 4) is 23.0 Å². The lowest BCUT2D eigenvalue weighted by Gasteiger charge is -2.39. The highest BCUT2D eigenvalue weighted by atomic mass is 16.5. The number of carbonyl (C=O) groups is 5. The first-order valence-electron chi connectivity index (χ1n) is 25.5. The lowest BCUT2D eigenvalue weighted by molar-refractivity contribution is -0.136. The molecule has 3 saturated carbocycles. The molecule has 4 aliphatic carbocycles. The fourth-order valence-corrected chi connectivity index (χ4v) is 12.8. The second kappa shape index (κ2) is 19.3. The number of ether oxygens (including phenoxy) is 2. The SMILES string of the molecule is COC(=O)N[C@H](C(=O)N1CCC[C@H]1C1=Nc2cc(-c3ccc(C#Cc4cnc([C@@H]5CCCN5C(=O)[C@@H](NC(=O)OC)C5CCCCC5)[nH]4)c4c3CC3C(=O)CC43)ccc2C(C)(C)N1)C1CCCCC1. The van der Waals surface area contributed by atoms with Crippen molar-refractivity contribution in [2.75, 3.05) is 27.3 Å². The van der Waals surface area contributed by atoms with E-state index >= 15 is 0 Å². The van der Waals surface area contributed by atoms with Crippen molar-refractivity contribution in [2.24, 2.45) is 22.7 Å². The highest BCUT2D eigenvalue weighted by Crippen LogP contribution is 2.53. The molecule has 1 aromatic heterocycles. The number of alkyl carbamates (subject to hydrolysis) is 2. The third-order valence-corrected chi connectivity index (χ3v) is 16.5. The minimum Gasteiger partial charge on any atom is -0.453 e. The Labute approximate surface area is 404 Å². The summed E-state index contributed by atoms with van der Waals surface area (Å²) in [4.78, 5) is 83.8. The van der Waals surface area contributed by atoms with E-state index in [0.717, 1.165) is 135 Å². The first-order valence-corrected chi connectivity index (χ1v) is 25.5. The highest BCUT2D eigenvalue weighted by molar-refractivity contribution is 5.98. The minimum absolute atomic E-state index is 0.0557. The Balaban J connectivity index is 0.910. The number of H-pyrrole nitrogens is 1. The van der Waals surface area contributed by atoms with Crippen LogP contribution < -0.4 is 16.0 Å². The molecular formula is C54H66N8O7. The highest BCUT2D eigenvalue weighted by Gasteiger charge is 2.48. The number of methoxy groups -OCH3 is 2. The van der Waals surface area contributed by atoms with Gasteiger partial charge >= 0.3 is 12.2 Å². The summed E-state index contributed by atoms with van der Waals surface area (Å²) >= 11 is 0. The van der Waals surface area contributed by atoms with Crippen LogP contribution in [0.15, 0.2) is 41.5 Å². The van der Waals surface area contributed by atoms with Crippen LogP contribution in [0.3, 0.4) is 0 Å². The number of aromatic nitrogens is 2. The molecule has 2 unspecified atom stereocenters. The molecule has 15 nitrogen and oxygen atoms in total. The van der Waals surface area contributed by atoms with Gasteiger partial charge in [-0.3, -0.25) is 14.4 Å². The van der Waals surface area contributed by atoms with Crippen LogP contribution in [-0.2, 0) is 35.8 Å². The Morgan fingerprint density at radius 2 is 1.38 bits per heavy atom. The van der Waals surface area contributed by atoms with Gasteiger partial charge in [0.15, 0.2) is 0 Å². The number of carbonyl (C=O) groups excluding carboxylic acids is 5. The number of ketones is 1. The molecule has 6 atom stereocenters. The molecule has 2 aromatic carbocycles. The smallest absolute Gasteiger partial charge is 0.407 e. The van der Waals surface area contributed by atoms with Crippen molar-refractivity contribution < 1.29 is 33.4 Å². The minimum atomic E-state index is -0.647. The van der Waals surface area contributed by atoms with Crippen molar-refractivity contribution in [1.82, 2.24) is 35.7 Å². The molecule has 364 valence electrons. The van der Waals surface area contributed by atoms with E-state index in [1.165, 1.54) is 14.2 Å². The standard InChI is InChI=1S/C54H66N8O7/c1-54(2)40-24-21-34(27-41(40)57-49(60-54)43-18-12-26-62(43)51(65)47(59-53(67)69-4)33-15-9-6-10-16-33)36-23-20-31(45-38(36)28-37-39(45)29-44(37)63)19-22-35-30-55-48(56-35)42-17-11-25-61(42)50(64)46(58-52(66)68-3)32-13-7-5-8-14-32/h20-21,23-24,27,30,32-33,37,39,42-43,46-47H,5-18,25-26,28-29H2,1-4H3,(H,55,56)(H,57,60)(H,58,66)(H,59,67)/t37?,39?,42-,43-,46-,47-/m0/s1. The number of nitrogens with zero attached hydrogens (tertiary/aromatic N) is 4. The van der Waals surface area contributed by atoms with Gasteiger partial charge in [-0.25, -0.2) is 19.6 Å². The molecule has 69 heavy (non-hydrogen) atoms. The van der Waals surface area contributed by atoms with Gasteiger partial charge in [0.25, 0.3) is 0 Å². The van der Waals surface area contributed by atoms with Crippen LogP contribution in [0.1, 0.15) is 156 Å². The molecule has 4 amide bonds. The summed E-state index contributed by atoms with van der Waals surface area (Å²) in [5.74, 6) is 8.54. The predicted octanol–water partition coefficient (Wildman–Crippen LogP) is 7.84. The third-order valence-electron chi connectivity index (χ3n) is 16.5. The summed E-state index contributed by atoms with van der Waals surface area (Å²) in [6.45, 7) is 5.46. The molecule has 2 saturated heterocycles. The van der Waals surface area contributed by atoms with Crippen LogP contribution >= 0.6 is 0 Å². The monoisotopic (exact) mass is 939 g/mol. The molecular weight excluding hydrogens is 873 g/mol. The number of amidine groups is 1. The number of hydrogen-bond acceptors (Lipinski definition) is 10. The normalized spacial score (nSPS) is 24.8. The van der Waals surface area contributed by atoms with Gasteiger partial charge in [0.1, 0.15) is 35.2 Å². The van der Waals surface area contributed by atoms with Crippen LogP contribution in [0.25, 0.3) is 11.1 Å². The molecule has 10 rings (SSSR count). The van der Waals surface area contributed by atoms with E-state index in [4.69, 9.17) is 19.5 Å². The van der Waals surface area contributed by atoms with Crippen molar-refractivity contribution in [2.45, 2.75) is 152 Å². The molecule has 7 aliphatic rings. The lowest BCUT2D eigenvalue weighted by atomic mass is 9.72. The van der Waals surface area contributed by atoms with Crippen LogP contribution in [0, 0.1) is 29.6 Å². The van der Waals surface area contributed by atoms with Gasteiger partial charge in [0, 0.05) is 42.5 Å². The summed E-state index contributed by atoms with van der Waals surface area (Å²) < 4.78 is 9.90. The number of rotatable bonds is 9. The van der Waals surface area contributed by atoms with Gasteiger partial charge in [-0.2, -0.15) is 0 Å². The third kappa shape index (κ3) is 9.00. The molecule has 0 bridgehead atoms. The lowest BCUT2D eigenvalue weighted by Crippen LogP contribution is -2.58. The Hall–Kier alpha value is -6.17. The van der Waals surface area contributed by atoms with Gasteiger partial charge in [-0.15, -0.1) is 0 Å². The Kier molecular flexibility index (Phi) is 13.0. The zero-order valence-electron chi connectivity index (χ0n) is 40.5. The Bertz CT molecular complexity index is 2610. The number of likely N-dealkylation sites (tertiary alicyclic amines) is 2. The van der Waals surface area contributed by atoms with E-state index in [9.17, 15) is 24.0 Å². The number of Topliss-reactive ketones (excluding diaryl/α,β-unsaturated/α-hetero) is 1. The number of hydrogen-bond donors (Lipinski definition) is 4. The van der Waals surface area contributed by atoms with Crippen molar-refractivity contribution in [3.63, 3.8) is 0 Å². The second-order valence-corrected chi connectivity index (χ2v) is 21.0. The molecule has 15 heteroatoms. The number of benzene rings is 2. The van der Waals surface area contributed by atoms with E-state index in [1.807, 2.05) is 9.80 Å². The van der Waals surface area contributed by atoms with Crippen molar-refractivity contribution in [1.29, 1.82) is 0 Å². The average Bonchev–Trinajstić information content (AvgIpc) is 4.20. The molecule has 0 radical (unpaired) electrons. The van der Waals surface area contributed by atoms with Gasteiger partial charge in [-0.05, 0) is 124 Å². The van der Waals surface area contributed by atoms with Gasteiger partial charge in [0.05, 0.1) is 43.7 Å². The molecule has 5 fully saturated rings. The van der Waals surface area contributed by atoms with Crippen LogP contribution in [0.2, 0.25) is 0 Å². The first kappa shape index (κ1) is 46.6. The fraction of sp³-hybridized carbons (Fsp3) is 0.574. The van der Waals surface area contributed by atoms with Gasteiger partial charge in [-0.1, -0.05) is 62.6 Å². The van der Waals surface area contributed by atoms with Gasteiger partial charge < -0.3 is 40.2 Å². The topological polar surface area (TPSA) is 187 Å². The summed E-state index contributed by atoms with van der Waals surface area (Å²) in [6, 6.07) is 8.84. The van der Waals surface area contributed by atoms with E-state index in [1.54, 1.807) is 6.20 Å². The van der Waals surface area contributed by atoms with E-state index in [0.29, 0.717) is 37.4 Å². The zero-order valence-corrected chi connectivity index (χ0v) is 40.5. The quantitative estimate of drug-likeness (QED) is 0.155. The summed E-state index contributed by atoms with van der Waals surface area (Å²) in [7, 11) is 2.66. The van der Waals surface area contributed by atoms with E-state index in [-0.39, 0.29) is 53.4 Å². The molecule has 4 heterocycles. The maximum absolute atomic E-state index is 14.4. The van der Waals surface area contributed by atoms with Gasteiger partial charge in [0.2, 0.25) is 11.8 Å². The average molecular weight is 939 g/mol. The van der Waals surface area contributed by atoms with Crippen LogP contribution in [-0.4, -0.2) is 101 Å². The van der Waals surface area contributed by atoms with E-state index in [2.05, 4.69) is 77.0 Å². The Morgan fingerprint density at radius 1 is 0.754 bits per heavy atom. The molecule has 3 aliphatic heterocycles. The number of aliphatic imine (C=N–C) groups is 1. The zero-order chi connectivity index (χ0) is 48.0. The molecule has 4 N–H and O–H groups in total. The van der Waals surface area contributed by atoms with E-state index < -0.39 is 29.8 Å². The summed E-state index contributed by atoms with van der Waals surface area (Å²) in [6.07, 6.45) is 14.9. The maximum Gasteiger partial charge on any atom is 0.407 e. The van der Waals surface area contributed by atoms with Crippen LogP contribution in [0.5, 0.6) is 0 Å². The summed E-state index contributed by atoms with van der Waals surface area (Å²) in [5, 5.41) is 9.48. The molecule has 0 spiro atoms. The maximum atomic E-state index is 14.4. The number of imidazole rings is 1. The number of fused-ring (bicyclic) bond motifs is 4. The second-order valence-electron chi connectivity index (χ2n) is 21.0. The Morgan fingerprint density at radius 3 is 2.00 bits per heavy atom. The molecule has 3 aromatic rings. The largest absolute Gasteiger partial charge is 0.453 e. The number of aromatic amines is 1. The summed E-state index contributed by atoms with van der Waals surface area (Å²) in [5.41, 5.74) is 7.34. The number of amides is 4. The van der Waals surface area contributed by atoms with Crippen molar-refractivity contribution >= 4 is 41.3 Å². The predicted molar refractivity (Wildman–Crippen MR) is 259 cm³/mol. The first-order chi connectivity index (χ1) is 33.4. The van der Waals surface area contributed by atoms with Crippen LogP contribution in [0.4, 0.5) is 15.3 Å². The fourth-order valence-electron chi connectivity index (χ4n) is 12.8. The number of nitrogens with one attached hydrogen (secondary N) is 4.